The molecule has 0 unspecified atom stereocenters. The molecule has 0 radical (unpaired) electrons. The van der Waals surface area contributed by atoms with Gasteiger partial charge in [-0.3, -0.25) is 9.89 Å². The molecule has 0 bridgehead atoms. The Balaban J connectivity index is 1.84. The number of aromatic amines is 1. The highest BCUT2D eigenvalue weighted by Gasteiger charge is 2.30. The third-order valence-electron chi connectivity index (χ3n) is 3.58. The normalized spacial score (nSPS) is 12.3. The van der Waals surface area contributed by atoms with Crippen molar-refractivity contribution in [3.05, 3.63) is 77.3 Å². The lowest BCUT2D eigenvalue weighted by Crippen LogP contribution is -2.05. The summed E-state index contributed by atoms with van der Waals surface area (Å²) in [5, 5.41) is 16.1. The van der Waals surface area contributed by atoms with Gasteiger partial charge < -0.3 is 9.52 Å². The maximum Gasteiger partial charge on any atom is 0.416 e. The molecule has 2 aromatic heterocycles. The zero-order valence-electron chi connectivity index (χ0n) is 13.1. The van der Waals surface area contributed by atoms with Crippen molar-refractivity contribution in [3.63, 3.8) is 0 Å². The first kappa shape index (κ1) is 17.5. The van der Waals surface area contributed by atoms with E-state index in [-0.39, 0.29) is 23.6 Å². The summed E-state index contributed by atoms with van der Waals surface area (Å²) in [5.74, 6) is -1.05. The Morgan fingerprint density at radius 1 is 1.31 bits per heavy atom. The summed E-state index contributed by atoms with van der Waals surface area (Å²) >= 11 is 0. The number of carbonyl (C=O) groups excluding carboxylic acids is 1. The van der Waals surface area contributed by atoms with E-state index in [1.165, 1.54) is 24.7 Å². The van der Waals surface area contributed by atoms with E-state index in [0.29, 0.717) is 11.1 Å². The van der Waals surface area contributed by atoms with Crippen molar-refractivity contribution in [3.8, 4) is 0 Å². The number of hydrogen-bond acceptors (Lipinski definition) is 5. The summed E-state index contributed by atoms with van der Waals surface area (Å²) in [5.41, 5.74) is 0.260. The first-order chi connectivity index (χ1) is 12.3. The van der Waals surface area contributed by atoms with E-state index in [9.17, 15) is 23.1 Å². The Labute approximate surface area is 145 Å². The number of aliphatic hydroxyl groups is 1. The Morgan fingerprint density at radius 3 is 2.81 bits per heavy atom. The average molecular weight is 363 g/mol. The van der Waals surface area contributed by atoms with Gasteiger partial charge >= 0.3 is 6.18 Å². The van der Waals surface area contributed by atoms with Gasteiger partial charge in [0.05, 0.1) is 17.4 Å². The highest BCUT2D eigenvalue weighted by Crippen LogP contribution is 2.30. The van der Waals surface area contributed by atoms with E-state index in [2.05, 4.69) is 15.2 Å². The van der Waals surface area contributed by atoms with Crippen LogP contribution < -0.4 is 0 Å². The molecule has 0 saturated heterocycles. The fourth-order valence-corrected chi connectivity index (χ4v) is 2.36. The molecule has 0 amide bonds. The summed E-state index contributed by atoms with van der Waals surface area (Å²) in [4.78, 5) is 15.6. The molecule has 2 heterocycles. The van der Waals surface area contributed by atoms with Crippen molar-refractivity contribution in [1.29, 1.82) is 0 Å². The Bertz CT molecular complexity index is 944. The predicted molar refractivity (Wildman–Crippen MR) is 84.3 cm³/mol. The van der Waals surface area contributed by atoms with Crippen LogP contribution in [-0.2, 0) is 12.6 Å². The molecular formula is C17H12F3N3O3. The van der Waals surface area contributed by atoms with Crippen LogP contribution in [0.3, 0.4) is 0 Å². The molecule has 1 aromatic carbocycles. The first-order valence-corrected chi connectivity index (χ1v) is 7.36. The lowest BCUT2D eigenvalue weighted by molar-refractivity contribution is -0.137. The number of benzene rings is 1. The molecular weight excluding hydrogens is 351 g/mol. The van der Waals surface area contributed by atoms with Crippen LogP contribution in [0.25, 0.3) is 5.76 Å². The smallest absolute Gasteiger partial charge is 0.416 e. The van der Waals surface area contributed by atoms with Crippen molar-refractivity contribution in [2.45, 2.75) is 12.6 Å². The summed E-state index contributed by atoms with van der Waals surface area (Å²) in [7, 11) is 0. The Morgan fingerprint density at radius 2 is 2.12 bits per heavy atom. The van der Waals surface area contributed by atoms with Gasteiger partial charge in [0.25, 0.3) is 0 Å². The summed E-state index contributed by atoms with van der Waals surface area (Å²) < 4.78 is 43.5. The summed E-state index contributed by atoms with van der Waals surface area (Å²) in [6, 6.07) is 4.85. The quantitative estimate of drug-likeness (QED) is 0.409. The third kappa shape index (κ3) is 3.82. The molecule has 0 saturated carbocycles. The van der Waals surface area contributed by atoms with E-state index in [4.69, 9.17) is 4.42 Å². The predicted octanol–water partition coefficient (Wildman–Crippen LogP) is 3.79. The van der Waals surface area contributed by atoms with E-state index in [1.807, 2.05) is 0 Å². The second-order valence-electron chi connectivity index (χ2n) is 5.41. The number of furan rings is 1. The zero-order chi connectivity index (χ0) is 18.7. The van der Waals surface area contributed by atoms with Gasteiger partial charge in [0.15, 0.2) is 5.82 Å². The number of allylic oxidation sites excluding steroid dienone is 1. The van der Waals surface area contributed by atoms with E-state index < -0.39 is 17.5 Å². The topological polar surface area (TPSA) is 92.0 Å². The van der Waals surface area contributed by atoms with E-state index in [0.717, 1.165) is 24.5 Å². The molecule has 0 aliphatic heterocycles. The molecule has 0 atom stereocenters. The molecule has 0 aliphatic carbocycles. The minimum absolute atomic E-state index is 0.0560. The van der Waals surface area contributed by atoms with Crippen molar-refractivity contribution in [1.82, 2.24) is 15.2 Å². The van der Waals surface area contributed by atoms with Crippen LogP contribution in [-0.4, -0.2) is 26.1 Å². The number of ketones is 1. The number of aliphatic hydroxyl groups excluding tert-OH is 1. The van der Waals surface area contributed by atoms with Crippen LogP contribution in [0.1, 0.15) is 32.9 Å². The number of rotatable bonds is 5. The monoisotopic (exact) mass is 363 g/mol. The zero-order valence-corrected chi connectivity index (χ0v) is 13.1. The minimum Gasteiger partial charge on any atom is -0.507 e. The number of aromatic nitrogens is 3. The van der Waals surface area contributed by atoms with Gasteiger partial charge in [-0.05, 0) is 11.6 Å². The molecule has 0 spiro atoms. The molecule has 0 aliphatic rings. The fourth-order valence-electron chi connectivity index (χ4n) is 2.36. The maximum absolute atomic E-state index is 12.8. The average Bonchev–Trinajstić information content (AvgIpc) is 3.26. The molecule has 6 nitrogen and oxygen atoms in total. The first-order valence-electron chi connectivity index (χ1n) is 7.36. The Hall–Kier alpha value is -3.36. The molecule has 2 N–H and O–H groups in total. The van der Waals surface area contributed by atoms with E-state index in [1.54, 1.807) is 0 Å². The lowest BCUT2D eigenvalue weighted by Gasteiger charge is -2.08. The molecule has 0 fully saturated rings. The number of hydrogen-bond donors (Lipinski definition) is 2. The molecule has 26 heavy (non-hydrogen) atoms. The number of halogens is 3. The van der Waals surface area contributed by atoms with E-state index >= 15 is 0 Å². The van der Waals surface area contributed by atoms with Gasteiger partial charge in [0.1, 0.15) is 18.3 Å². The van der Waals surface area contributed by atoms with Gasteiger partial charge in [-0.1, -0.05) is 18.2 Å². The minimum atomic E-state index is -4.44. The second kappa shape index (κ2) is 6.87. The standard InChI is InChI=1S/C17H12F3N3O3/c18-17(19,20)12-3-1-2-10(5-12)4-11-7-26-8-13(11)14(24)6-15(25)16-21-9-22-23-16/h1-3,5-9,24H,4H2,(H,21,22,23). The van der Waals surface area contributed by atoms with Gasteiger partial charge in [0, 0.05) is 18.1 Å². The van der Waals surface area contributed by atoms with Crippen LogP contribution in [0.2, 0.25) is 0 Å². The number of carbonyl (C=O) groups is 1. The third-order valence-corrected chi connectivity index (χ3v) is 3.58. The molecule has 9 heteroatoms. The Kier molecular flexibility index (Phi) is 4.61. The maximum atomic E-state index is 12.8. The van der Waals surface area contributed by atoms with Crippen molar-refractivity contribution in [2.24, 2.45) is 0 Å². The van der Waals surface area contributed by atoms with Gasteiger partial charge in [0.2, 0.25) is 5.78 Å². The molecule has 3 aromatic rings. The second-order valence-corrected chi connectivity index (χ2v) is 5.41. The summed E-state index contributed by atoms with van der Waals surface area (Å²) in [6.07, 6.45) is 0.238. The van der Waals surface area contributed by atoms with Gasteiger partial charge in [-0.2, -0.15) is 18.3 Å². The summed E-state index contributed by atoms with van der Waals surface area (Å²) in [6.45, 7) is 0. The number of nitrogens with one attached hydrogen (secondary N) is 1. The number of nitrogens with zero attached hydrogens (tertiary/aromatic N) is 2. The van der Waals surface area contributed by atoms with Crippen molar-refractivity contribution in [2.75, 3.05) is 0 Å². The van der Waals surface area contributed by atoms with Crippen LogP contribution in [0.4, 0.5) is 13.2 Å². The fraction of sp³-hybridized carbons (Fsp3) is 0.118. The van der Waals surface area contributed by atoms with Gasteiger partial charge in [-0.15, -0.1) is 0 Å². The van der Waals surface area contributed by atoms with Crippen LogP contribution in [0, 0.1) is 0 Å². The molecule has 3 rings (SSSR count). The SMILES string of the molecule is O=C(C=C(O)c1cocc1Cc1cccc(C(F)(F)F)c1)c1ncn[nH]1. The van der Waals surface area contributed by atoms with Crippen LogP contribution >= 0.6 is 0 Å². The van der Waals surface area contributed by atoms with Crippen LogP contribution in [0.5, 0.6) is 0 Å². The number of H-pyrrole nitrogens is 1. The highest BCUT2D eigenvalue weighted by molar-refractivity contribution is 6.05. The molecule has 134 valence electrons. The number of alkyl halides is 3. The lowest BCUT2D eigenvalue weighted by atomic mass is 10.0. The van der Waals surface area contributed by atoms with Crippen molar-refractivity contribution < 1.29 is 27.5 Å². The van der Waals surface area contributed by atoms with Crippen molar-refractivity contribution >= 4 is 11.5 Å². The highest BCUT2D eigenvalue weighted by atomic mass is 19.4. The largest absolute Gasteiger partial charge is 0.507 e. The van der Waals surface area contributed by atoms with Crippen LogP contribution in [0.15, 0.2) is 53.6 Å². The van der Waals surface area contributed by atoms with Gasteiger partial charge in [-0.25, -0.2) is 4.98 Å².